The van der Waals surface area contributed by atoms with Gasteiger partial charge in [-0.05, 0) is 56.5 Å². The third-order valence-electron chi connectivity index (χ3n) is 3.41. The number of ether oxygens (including phenoxy) is 1. The Labute approximate surface area is 166 Å². The smallest absolute Gasteiger partial charge is 0.241 e. The number of carbonyl (C=O) groups excluding carboxylic acids is 1. The Morgan fingerprint density at radius 1 is 1.31 bits per heavy atom. The number of benzene rings is 1. The molecule has 0 aliphatic heterocycles. The normalized spacial score (nSPS) is 13.4. The first-order valence-corrected chi connectivity index (χ1v) is 11.0. The molecular weight excluding hydrogens is 398 g/mol. The highest BCUT2D eigenvalue weighted by molar-refractivity contribution is 7.98. The maximum absolute atomic E-state index is 12.6. The van der Waals surface area contributed by atoms with Crippen LogP contribution in [0.5, 0.6) is 5.75 Å². The van der Waals surface area contributed by atoms with Crippen LogP contribution in [0, 0.1) is 0 Å². The van der Waals surface area contributed by atoms with Gasteiger partial charge in [-0.25, -0.2) is 8.42 Å². The summed E-state index contributed by atoms with van der Waals surface area (Å²) in [5.41, 5.74) is 5.51. The minimum atomic E-state index is -3.82. The van der Waals surface area contributed by atoms with Gasteiger partial charge in [-0.15, -0.1) is 12.4 Å². The van der Waals surface area contributed by atoms with Gasteiger partial charge in [0.1, 0.15) is 11.8 Å². The third-order valence-corrected chi connectivity index (χ3v) is 5.54. The lowest BCUT2D eigenvalue weighted by Crippen LogP contribution is -2.50. The van der Waals surface area contributed by atoms with Crippen molar-refractivity contribution in [3.63, 3.8) is 0 Å². The molecule has 0 heterocycles. The standard InChI is InChI=1S/C16H27N3O4S2.ClH/c1-4-23-13-5-7-14(8-6-13)25(21,22)19-15(9-10-24-3)16(20)18-12(2)11-17;/h5-8,12,15,19H,4,9-11,17H2,1-3H3,(H,18,20);1H/t12-,15?;/m0./s1. The van der Waals surface area contributed by atoms with Crippen LogP contribution < -0.4 is 20.5 Å². The van der Waals surface area contributed by atoms with Crippen molar-refractivity contribution in [1.29, 1.82) is 0 Å². The summed E-state index contributed by atoms with van der Waals surface area (Å²) in [4.78, 5) is 12.4. The van der Waals surface area contributed by atoms with E-state index in [1.165, 1.54) is 12.1 Å². The second kappa shape index (κ2) is 12.4. The first-order valence-electron chi connectivity index (χ1n) is 8.08. The van der Waals surface area contributed by atoms with Crippen LogP contribution in [0.1, 0.15) is 20.3 Å². The zero-order chi connectivity index (χ0) is 18.9. The summed E-state index contributed by atoms with van der Waals surface area (Å²) in [6, 6.07) is 5.02. The number of amides is 1. The van der Waals surface area contributed by atoms with E-state index in [-0.39, 0.29) is 35.8 Å². The monoisotopic (exact) mass is 425 g/mol. The van der Waals surface area contributed by atoms with Crippen LogP contribution in [0.15, 0.2) is 29.2 Å². The Kier molecular flexibility index (Phi) is 11.9. The van der Waals surface area contributed by atoms with E-state index in [0.29, 0.717) is 24.5 Å². The number of nitrogens with one attached hydrogen (secondary N) is 2. The largest absolute Gasteiger partial charge is 0.494 e. The van der Waals surface area contributed by atoms with E-state index in [0.717, 1.165) is 0 Å². The minimum Gasteiger partial charge on any atom is -0.494 e. The molecule has 0 saturated carbocycles. The summed E-state index contributed by atoms with van der Waals surface area (Å²) in [6.45, 7) is 4.40. The molecule has 0 aromatic heterocycles. The molecule has 0 aliphatic rings. The lowest BCUT2D eigenvalue weighted by Gasteiger charge is -2.20. The zero-order valence-electron chi connectivity index (χ0n) is 15.2. The van der Waals surface area contributed by atoms with E-state index in [1.807, 2.05) is 13.2 Å². The maximum Gasteiger partial charge on any atom is 0.241 e. The van der Waals surface area contributed by atoms with Gasteiger partial charge in [0.2, 0.25) is 15.9 Å². The molecule has 4 N–H and O–H groups in total. The fourth-order valence-electron chi connectivity index (χ4n) is 2.02. The van der Waals surface area contributed by atoms with Gasteiger partial charge in [0.25, 0.3) is 0 Å². The van der Waals surface area contributed by atoms with E-state index < -0.39 is 16.1 Å². The Balaban J connectivity index is 0.00000625. The molecule has 150 valence electrons. The van der Waals surface area contributed by atoms with Crippen molar-refractivity contribution in [2.75, 3.05) is 25.2 Å². The van der Waals surface area contributed by atoms with E-state index in [2.05, 4.69) is 10.0 Å². The molecule has 1 rings (SSSR count). The predicted octanol–water partition coefficient (Wildman–Crippen LogP) is 1.37. The summed E-state index contributed by atoms with van der Waals surface area (Å²) in [5, 5.41) is 2.72. The maximum atomic E-state index is 12.6. The van der Waals surface area contributed by atoms with Crippen LogP contribution in [0.3, 0.4) is 0 Å². The number of thioether (sulfide) groups is 1. The molecular formula is C16H28ClN3O4S2. The topological polar surface area (TPSA) is 111 Å². The molecule has 0 radical (unpaired) electrons. The predicted molar refractivity (Wildman–Crippen MR) is 109 cm³/mol. The molecule has 0 saturated heterocycles. The highest BCUT2D eigenvalue weighted by Gasteiger charge is 2.26. The summed E-state index contributed by atoms with van der Waals surface area (Å²) in [5.74, 6) is 0.873. The van der Waals surface area contributed by atoms with Crippen LogP contribution in [-0.2, 0) is 14.8 Å². The number of nitrogens with two attached hydrogens (primary N) is 1. The van der Waals surface area contributed by atoms with Crippen LogP contribution in [0.2, 0.25) is 0 Å². The number of hydrogen-bond donors (Lipinski definition) is 3. The Bertz CT molecular complexity index is 641. The lowest BCUT2D eigenvalue weighted by molar-refractivity contribution is -0.123. The summed E-state index contributed by atoms with van der Waals surface area (Å²) < 4.78 is 32.9. The van der Waals surface area contributed by atoms with E-state index in [4.69, 9.17) is 10.5 Å². The highest BCUT2D eigenvalue weighted by Crippen LogP contribution is 2.17. The molecule has 10 heteroatoms. The van der Waals surface area contributed by atoms with Gasteiger partial charge in [0, 0.05) is 12.6 Å². The summed E-state index contributed by atoms with van der Waals surface area (Å²) in [6.07, 6.45) is 2.29. The molecule has 0 spiro atoms. The van der Waals surface area contributed by atoms with Gasteiger partial charge in [-0.3, -0.25) is 4.79 Å². The molecule has 26 heavy (non-hydrogen) atoms. The first-order chi connectivity index (χ1) is 11.8. The second-order valence-corrected chi connectivity index (χ2v) is 8.20. The molecule has 1 aromatic rings. The first kappa shape index (κ1) is 25.0. The van der Waals surface area contributed by atoms with Gasteiger partial charge in [-0.2, -0.15) is 16.5 Å². The van der Waals surface area contributed by atoms with Crippen LogP contribution in [0.4, 0.5) is 0 Å². The zero-order valence-corrected chi connectivity index (χ0v) is 17.7. The van der Waals surface area contributed by atoms with Crippen molar-refractivity contribution in [3.8, 4) is 5.75 Å². The van der Waals surface area contributed by atoms with Crippen molar-refractivity contribution in [2.45, 2.75) is 37.2 Å². The number of hydrogen-bond acceptors (Lipinski definition) is 6. The molecule has 2 atom stereocenters. The molecule has 1 amide bonds. The van der Waals surface area contributed by atoms with Crippen LogP contribution in [0.25, 0.3) is 0 Å². The quantitative estimate of drug-likeness (QED) is 0.493. The number of carbonyl (C=O) groups is 1. The Morgan fingerprint density at radius 3 is 2.42 bits per heavy atom. The van der Waals surface area contributed by atoms with Crippen LogP contribution in [-0.4, -0.2) is 51.6 Å². The van der Waals surface area contributed by atoms with Gasteiger partial charge in [0.05, 0.1) is 11.5 Å². The Morgan fingerprint density at radius 2 is 1.92 bits per heavy atom. The molecule has 1 unspecified atom stereocenters. The van der Waals surface area contributed by atoms with Crippen molar-refractivity contribution in [3.05, 3.63) is 24.3 Å². The highest BCUT2D eigenvalue weighted by atomic mass is 35.5. The number of rotatable bonds is 11. The summed E-state index contributed by atoms with van der Waals surface area (Å²) >= 11 is 1.55. The lowest BCUT2D eigenvalue weighted by atomic mass is 10.2. The average molecular weight is 426 g/mol. The van der Waals surface area contributed by atoms with Gasteiger partial charge in [-0.1, -0.05) is 0 Å². The molecule has 0 aliphatic carbocycles. The van der Waals surface area contributed by atoms with Gasteiger partial charge in [0.15, 0.2) is 0 Å². The van der Waals surface area contributed by atoms with Crippen molar-refractivity contribution < 1.29 is 17.9 Å². The number of sulfonamides is 1. The number of halogens is 1. The Hall–Kier alpha value is -1.00. The van der Waals surface area contributed by atoms with Crippen molar-refractivity contribution in [2.24, 2.45) is 5.73 Å². The van der Waals surface area contributed by atoms with Crippen molar-refractivity contribution >= 4 is 40.1 Å². The van der Waals surface area contributed by atoms with Crippen molar-refractivity contribution in [1.82, 2.24) is 10.0 Å². The van der Waals surface area contributed by atoms with Crippen LogP contribution >= 0.6 is 24.2 Å². The third kappa shape index (κ3) is 8.13. The van der Waals surface area contributed by atoms with E-state index in [9.17, 15) is 13.2 Å². The SMILES string of the molecule is CCOc1ccc(S(=O)(=O)NC(CCSC)C(=O)N[C@@H](C)CN)cc1.Cl. The fraction of sp³-hybridized carbons (Fsp3) is 0.562. The van der Waals surface area contributed by atoms with E-state index >= 15 is 0 Å². The summed E-state index contributed by atoms with van der Waals surface area (Å²) in [7, 11) is -3.82. The fourth-order valence-corrected chi connectivity index (χ4v) is 3.72. The van der Waals surface area contributed by atoms with E-state index in [1.54, 1.807) is 30.8 Å². The molecule has 0 bridgehead atoms. The van der Waals surface area contributed by atoms with Gasteiger partial charge < -0.3 is 15.8 Å². The second-order valence-electron chi connectivity index (χ2n) is 5.51. The molecule has 1 aromatic carbocycles. The van der Waals surface area contributed by atoms with Gasteiger partial charge >= 0.3 is 0 Å². The average Bonchev–Trinajstić information content (AvgIpc) is 2.59. The minimum absolute atomic E-state index is 0. The molecule has 7 nitrogen and oxygen atoms in total. The molecule has 0 fully saturated rings.